The standard InChI is InChI=1S/C24H24ClNO2/c1-3-16-9-6-8-15(2)24(16)26-20-12-7-13-21(27)23(20)18(14-22(26)28)17-10-4-5-11-19(17)25/h4-6,8-11,18H,3,7,12-14H2,1-2H3. The van der Waals surface area contributed by atoms with E-state index < -0.39 is 0 Å². The smallest absolute Gasteiger partial charge is 0.232 e. The number of halogens is 1. The second-order valence-electron chi connectivity index (χ2n) is 7.58. The summed E-state index contributed by atoms with van der Waals surface area (Å²) in [6, 6.07) is 13.7. The first-order valence-corrected chi connectivity index (χ1v) is 10.3. The quantitative estimate of drug-likeness (QED) is 0.666. The van der Waals surface area contributed by atoms with E-state index in [-0.39, 0.29) is 24.0 Å². The molecule has 0 bridgehead atoms. The zero-order valence-corrected chi connectivity index (χ0v) is 17.1. The lowest BCUT2D eigenvalue weighted by Gasteiger charge is -2.39. The molecular formula is C24H24ClNO2. The van der Waals surface area contributed by atoms with E-state index >= 15 is 0 Å². The largest absolute Gasteiger partial charge is 0.294 e. The third-order valence-electron chi connectivity index (χ3n) is 5.88. The van der Waals surface area contributed by atoms with Crippen molar-refractivity contribution in [3.63, 3.8) is 0 Å². The molecule has 1 heterocycles. The van der Waals surface area contributed by atoms with Crippen molar-refractivity contribution >= 4 is 29.0 Å². The fourth-order valence-corrected chi connectivity index (χ4v) is 4.87. The molecular weight excluding hydrogens is 370 g/mol. The second-order valence-corrected chi connectivity index (χ2v) is 7.99. The lowest BCUT2D eigenvalue weighted by Crippen LogP contribution is -2.41. The fourth-order valence-electron chi connectivity index (χ4n) is 4.60. The molecule has 0 aromatic heterocycles. The molecule has 28 heavy (non-hydrogen) atoms. The highest BCUT2D eigenvalue weighted by Crippen LogP contribution is 2.46. The number of anilines is 1. The molecule has 4 heteroatoms. The monoisotopic (exact) mass is 393 g/mol. The van der Waals surface area contributed by atoms with Crippen molar-refractivity contribution in [1.29, 1.82) is 0 Å². The summed E-state index contributed by atoms with van der Waals surface area (Å²) < 4.78 is 0. The van der Waals surface area contributed by atoms with Crippen LogP contribution in [0.5, 0.6) is 0 Å². The number of Topliss-reactive ketones (excluding diaryl/α,β-unsaturated/α-hetero) is 1. The third kappa shape index (κ3) is 3.08. The van der Waals surface area contributed by atoms with Crippen molar-refractivity contribution in [2.24, 2.45) is 0 Å². The van der Waals surface area contributed by atoms with E-state index in [2.05, 4.69) is 13.0 Å². The Labute approximate surface area is 171 Å². The van der Waals surface area contributed by atoms with Crippen LogP contribution in [0.2, 0.25) is 5.02 Å². The molecule has 0 saturated heterocycles. The van der Waals surface area contributed by atoms with Gasteiger partial charge in [-0.2, -0.15) is 0 Å². The second kappa shape index (κ2) is 7.56. The van der Waals surface area contributed by atoms with Crippen LogP contribution in [-0.4, -0.2) is 11.7 Å². The molecule has 1 aliphatic heterocycles. The minimum Gasteiger partial charge on any atom is -0.294 e. The van der Waals surface area contributed by atoms with Gasteiger partial charge in [-0.3, -0.25) is 14.5 Å². The molecule has 0 saturated carbocycles. The van der Waals surface area contributed by atoms with Crippen molar-refractivity contribution < 1.29 is 9.59 Å². The summed E-state index contributed by atoms with van der Waals surface area (Å²) in [4.78, 5) is 28.3. The van der Waals surface area contributed by atoms with E-state index in [1.807, 2.05) is 48.2 Å². The van der Waals surface area contributed by atoms with Gasteiger partial charge < -0.3 is 0 Å². The van der Waals surface area contributed by atoms with Crippen molar-refractivity contribution in [3.05, 3.63) is 75.4 Å². The number of ketones is 1. The Bertz CT molecular complexity index is 992. The summed E-state index contributed by atoms with van der Waals surface area (Å²) in [7, 11) is 0. The Kier molecular flexibility index (Phi) is 5.11. The van der Waals surface area contributed by atoms with Gasteiger partial charge in [0.2, 0.25) is 5.91 Å². The highest BCUT2D eigenvalue weighted by molar-refractivity contribution is 6.31. The van der Waals surface area contributed by atoms with Crippen LogP contribution in [0, 0.1) is 6.92 Å². The number of allylic oxidation sites excluding steroid dienone is 2. The van der Waals surface area contributed by atoms with Gasteiger partial charge in [0, 0.05) is 35.1 Å². The van der Waals surface area contributed by atoms with Gasteiger partial charge in [-0.25, -0.2) is 0 Å². The van der Waals surface area contributed by atoms with E-state index in [1.54, 1.807) is 0 Å². The Morgan fingerprint density at radius 2 is 1.86 bits per heavy atom. The lowest BCUT2D eigenvalue weighted by atomic mass is 9.77. The summed E-state index contributed by atoms with van der Waals surface area (Å²) in [6.45, 7) is 4.13. The van der Waals surface area contributed by atoms with Crippen LogP contribution in [0.15, 0.2) is 53.7 Å². The first kappa shape index (κ1) is 18.9. The summed E-state index contributed by atoms with van der Waals surface area (Å²) in [5.41, 5.74) is 5.68. The summed E-state index contributed by atoms with van der Waals surface area (Å²) in [6.07, 6.45) is 3.17. The number of aryl methyl sites for hydroxylation is 2. The zero-order chi connectivity index (χ0) is 19.8. The molecule has 0 fully saturated rings. The average molecular weight is 394 g/mol. The number of carbonyl (C=O) groups excluding carboxylic acids is 2. The molecule has 1 amide bonds. The van der Waals surface area contributed by atoms with Crippen LogP contribution in [0.25, 0.3) is 0 Å². The number of nitrogens with zero attached hydrogens (tertiary/aromatic N) is 1. The van der Waals surface area contributed by atoms with Crippen LogP contribution < -0.4 is 4.90 Å². The van der Waals surface area contributed by atoms with E-state index in [1.165, 1.54) is 0 Å². The molecule has 2 aromatic rings. The Morgan fingerprint density at radius 1 is 1.07 bits per heavy atom. The van der Waals surface area contributed by atoms with Crippen LogP contribution in [0.1, 0.15) is 55.2 Å². The minimum absolute atomic E-state index is 0.0439. The highest BCUT2D eigenvalue weighted by atomic mass is 35.5. The number of para-hydroxylation sites is 1. The van der Waals surface area contributed by atoms with Gasteiger partial charge in [0.05, 0.1) is 5.69 Å². The van der Waals surface area contributed by atoms with Gasteiger partial charge in [-0.1, -0.05) is 54.9 Å². The Morgan fingerprint density at radius 3 is 2.61 bits per heavy atom. The Balaban J connectivity index is 1.93. The molecule has 144 valence electrons. The number of hydrogen-bond donors (Lipinski definition) is 0. The molecule has 2 aliphatic rings. The highest BCUT2D eigenvalue weighted by Gasteiger charge is 2.41. The number of carbonyl (C=O) groups is 2. The fraction of sp³-hybridized carbons (Fsp3) is 0.333. The lowest BCUT2D eigenvalue weighted by molar-refractivity contribution is -0.119. The van der Waals surface area contributed by atoms with Crippen LogP contribution in [-0.2, 0) is 16.0 Å². The van der Waals surface area contributed by atoms with Crippen molar-refractivity contribution in [1.82, 2.24) is 0 Å². The van der Waals surface area contributed by atoms with Crippen LogP contribution in [0.4, 0.5) is 5.69 Å². The van der Waals surface area contributed by atoms with Gasteiger partial charge in [0.1, 0.15) is 0 Å². The molecule has 4 rings (SSSR count). The van der Waals surface area contributed by atoms with Crippen molar-refractivity contribution in [2.75, 3.05) is 4.90 Å². The molecule has 3 nitrogen and oxygen atoms in total. The van der Waals surface area contributed by atoms with Gasteiger partial charge in [-0.15, -0.1) is 0 Å². The van der Waals surface area contributed by atoms with Crippen molar-refractivity contribution in [3.8, 4) is 0 Å². The van der Waals surface area contributed by atoms with Gasteiger partial charge in [-0.05, 0) is 48.9 Å². The zero-order valence-electron chi connectivity index (χ0n) is 16.3. The molecule has 1 unspecified atom stereocenters. The normalized spacial score (nSPS) is 19.8. The maximum Gasteiger partial charge on any atom is 0.232 e. The van der Waals surface area contributed by atoms with E-state index in [0.29, 0.717) is 11.4 Å². The molecule has 2 aromatic carbocycles. The number of amides is 1. The number of rotatable bonds is 3. The summed E-state index contributed by atoms with van der Waals surface area (Å²) in [5.74, 6) is -0.0629. The first-order valence-electron chi connectivity index (χ1n) is 9.95. The predicted molar refractivity (Wildman–Crippen MR) is 113 cm³/mol. The number of benzene rings is 2. The number of hydrogen-bond acceptors (Lipinski definition) is 2. The SMILES string of the molecule is CCc1cccc(C)c1N1C(=O)CC(c2ccccc2Cl)C2=C1CCCC2=O. The average Bonchev–Trinajstić information content (AvgIpc) is 2.68. The van der Waals surface area contributed by atoms with Gasteiger partial charge in [0.25, 0.3) is 0 Å². The maximum atomic E-state index is 13.4. The first-order chi connectivity index (χ1) is 13.5. The van der Waals surface area contributed by atoms with Crippen molar-refractivity contribution in [2.45, 2.75) is 51.9 Å². The molecule has 0 spiro atoms. The van der Waals surface area contributed by atoms with E-state index in [4.69, 9.17) is 11.6 Å². The predicted octanol–water partition coefficient (Wildman–Crippen LogP) is 5.74. The van der Waals surface area contributed by atoms with Gasteiger partial charge in [0.15, 0.2) is 5.78 Å². The Hall–Kier alpha value is -2.39. The molecule has 0 radical (unpaired) electrons. The van der Waals surface area contributed by atoms with E-state index in [0.717, 1.165) is 52.9 Å². The van der Waals surface area contributed by atoms with Gasteiger partial charge >= 0.3 is 0 Å². The summed E-state index contributed by atoms with van der Waals surface area (Å²) >= 11 is 6.45. The van der Waals surface area contributed by atoms with Crippen LogP contribution in [0.3, 0.4) is 0 Å². The molecule has 1 aliphatic carbocycles. The molecule has 0 N–H and O–H groups in total. The summed E-state index contributed by atoms with van der Waals surface area (Å²) in [5, 5.41) is 0.615. The topological polar surface area (TPSA) is 37.4 Å². The minimum atomic E-state index is -0.255. The van der Waals surface area contributed by atoms with Crippen LogP contribution >= 0.6 is 11.6 Å². The van der Waals surface area contributed by atoms with E-state index in [9.17, 15) is 9.59 Å². The molecule has 1 atom stereocenters. The maximum absolute atomic E-state index is 13.4. The third-order valence-corrected chi connectivity index (χ3v) is 6.23.